The lowest BCUT2D eigenvalue weighted by Crippen LogP contribution is -1.92. The molecule has 0 fully saturated rings. The van der Waals surface area contributed by atoms with Crippen LogP contribution in [0.4, 0.5) is 0 Å². The summed E-state index contributed by atoms with van der Waals surface area (Å²) in [6, 6.07) is 0. The van der Waals surface area contributed by atoms with Crippen LogP contribution < -0.4 is 0 Å². The Labute approximate surface area is 53.7 Å². The number of H-pyrrole nitrogens is 1. The van der Waals surface area contributed by atoms with Crippen molar-refractivity contribution in [1.29, 1.82) is 0 Å². The summed E-state index contributed by atoms with van der Waals surface area (Å²) in [6.07, 6.45) is 1.12. The maximum absolute atomic E-state index is 9.01. The van der Waals surface area contributed by atoms with Crippen LogP contribution in [0.3, 0.4) is 0 Å². The minimum Gasteiger partial charge on any atom is -0.387 e. The molecule has 50 valence electrons. The van der Waals surface area contributed by atoms with Gasteiger partial charge in [-0.3, -0.25) is 0 Å². The van der Waals surface area contributed by atoms with E-state index < -0.39 is 6.10 Å². The predicted molar refractivity (Wildman–Crippen MR) is 34.0 cm³/mol. The van der Waals surface area contributed by atoms with Gasteiger partial charge in [0.05, 0.1) is 18.1 Å². The lowest BCUT2D eigenvalue weighted by atomic mass is 10.2. The van der Waals surface area contributed by atoms with Crippen LogP contribution in [-0.4, -0.2) is 15.1 Å². The molecule has 1 aromatic rings. The molecule has 1 atom stereocenters. The number of aromatic nitrogens is 2. The molecule has 0 aliphatic heterocycles. The third-order valence-electron chi connectivity index (χ3n) is 1.26. The zero-order valence-electron chi connectivity index (χ0n) is 5.55. The molecule has 0 amide bonds. The molecule has 0 aliphatic carbocycles. The molecule has 1 rings (SSSR count). The summed E-state index contributed by atoms with van der Waals surface area (Å²) >= 11 is 0. The Morgan fingerprint density at radius 1 is 1.78 bits per heavy atom. The quantitative estimate of drug-likeness (QED) is 0.584. The number of hydrogen-bond acceptors (Lipinski definition) is 2. The van der Waals surface area contributed by atoms with Crippen molar-refractivity contribution in [2.45, 2.75) is 20.0 Å². The van der Waals surface area contributed by atoms with E-state index in [9.17, 15) is 0 Å². The molecule has 0 bridgehead atoms. The van der Waals surface area contributed by atoms with Crippen LogP contribution in [-0.2, 0) is 0 Å². The molecule has 2 N–H and O–H groups in total. The minimum atomic E-state index is -0.462. The van der Waals surface area contributed by atoms with E-state index >= 15 is 0 Å². The fourth-order valence-corrected chi connectivity index (χ4v) is 0.791. The van der Waals surface area contributed by atoms with E-state index in [1.54, 1.807) is 13.3 Å². The van der Waals surface area contributed by atoms with E-state index in [4.69, 9.17) is 5.11 Å². The first kappa shape index (κ1) is 6.29. The van der Waals surface area contributed by atoms with Crippen LogP contribution in [0.1, 0.15) is 24.4 Å². The summed E-state index contributed by atoms with van der Waals surface area (Å²) in [7, 11) is 0. The van der Waals surface area contributed by atoms with Crippen molar-refractivity contribution in [2.24, 2.45) is 0 Å². The Bertz CT molecular complexity index is 193. The summed E-state index contributed by atoms with van der Waals surface area (Å²) in [6.45, 7) is 3.58. The molecule has 0 aliphatic rings. The normalized spacial score (nSPS) is 13.7. The van der Waals surface area contributed by atoms with Gasteiger partial charge in [0.15, 0.2) is 0 Å². The van der Waals surface area contributed by atoms with Crippen molar-refractivity contribution in [3.63, 3.8) is 0 Å². The molecule has 1 aromatic heterocycles. The summed E-state index contributed by atoms with van der Waals surface area (Å²) in [5, 5.41) is 9.01. The zero-order valence-corrected chi connectivity index (χ0v) is 5.55. The van der Waals surface area contributed by atoms with Gasteiger partial charge in [0.1, 0.15) is 0 Å². The van der Waals surface area contributed by atoms with Crippen LogP contribution in [0.15, 0.2) is 6.33 Å². The van der Waals surface area contributed by atoms with Crippen molar-refractivity contribution in [1.82, 2.24) is 9.97 Å². The van der Waals surface area contributed by atoms with Crippen LogP contribution in [0.2, 0.25) is 0 Å². The second kappa shape index (κ2) is 2.19. The first-order valence-electron chi connectivity index (χ1n) is 2.89. The van der Waals surface area contributed by atoms with Crippen molar-refractivity contribution >= 4 is 0 Å². The summed E-state index contributed by atoms with van der Waals surface area (Å²) in [4.78, 5) is 6.79. The van der Waals surface area contributed by atoms with Gasteiger partial charge in [-0.2, -0.15) is 0 Å². The first-order chi connectivity index (χ1) is 4.22. The number of nitrogens with one attached hydrogen (secondary N) is 1. The average Bonchev–Trinajstić information content (AvgIpc) is 2.13. The zero-order chi connectivity index (χ0) is 6.85. The Morgan fingerprint density at radius 2 is 2.44 bits per heavy atom. The van der Waals surface area contributed by atoms with Gasteiger partial charge >= 0.3 is 0 Å². The van der Waals surface area contributed by atoms with E-state index in [0.29, 0.717) is 0 Å². The van der Waals surface area contributed by atoms with Gasteiger partial charge in [-0.05, 0) is 13.8 Å². The number of aliphatic hydroxyl groups excluding tert-OH is 1. The lowest BCUT2D eigenvalue weighted by Gasteiger charge is -1.98. The second-order valence-electron chi connectivity index (χ2n) is 2.09. The van der Waals surface area contributed by atoms with Gasteiger partial charge < -0.3 is 10.1 Å². The number of aryl methyl sites for hydroxylation is 1. The Hall–Kier alpha value is -0.830. The largest absolute Gasteiger partial charge is 0.387 e. The summed E-state index contributed by atoms with van der Waals surface area (Å²) in [5.74, 6) is 0. The van der Waals surface area contributed by atoms with Gasteiger partial charge in [0, 0.05) is 5.69 Å². The summed E-state index contributed by atoms with van der Waals surface area (Å²) in [5.41, 5.74) is 1.67. The molecule has 9 heavy (non-hydrogen) atoms. The Kier molecular flexibility index (Phi) is 1.53. The number of aromatic amines is 1. The lowest BCUT2D eigenvalue weighted by molar-refractivity contribution is 0.194. The van der Waals surface area contributed by atoms with Gasteiger partial charge in [0.25, 0.3) is 0 Å². The SMILES string of the molecule is Cc1[nH]cnc1C(C)O. The number of nitrogens with zero attached hydrogens (tertiary/aromatic N) is 1. The fraction of sp³-hybridized carbons (Fsp3) is 0.500. The van der Waals surface area contributed by atoms with Crippen LogP contribution in [0, 0.1) is 6.92 Å². The van der Waals surface area contributed by atoms with E-state index in [0.717, 1.165) is 11.4 Å². The number of rotatable bonds is 1. The molecule has 0 saturated carbocycles. The van der Waals surface area contributed by atoms with Gasteiger partial charge in [-0.1, -0.05) is 0 Å². The van der Waals surface area contributed by atoms with E-state index in [1.165, 1.54) is 0 Å². The minimum absolute atomic E-state index is 0.462. The van der Waals surface area contributed by atoms with Crippen molar-refractivity contribution in [2.75, 3.05) is 0 Å². The Morgan fingerprint density at radius 3 is 2.67 bits per heavy atom. The third-order valence-corrected chi connectivity index (χ3v) is 1.26. The van der Waals surface area contributed by atoms with Crippen LogP contribution in [0.25, 0.3) is 0 Å². The molecule has 0 spiro atoms. The van der Waals surface area contributed by atoms with Crippen molar-refractivity contribution < 1.29 is 5.11 Å². The van der Waals surface area contributed by atoms with Crippen LogP contribution in [0.5, 0.6) is 0 Å². The smallest absolute Gasteiger partial charge is 0.0949 e. The second-order valence-corrected chi connectivity index (χ2v) is 2.09. The van der Waals surface area contributed by atoms with Gasteiger partial charge in [-0.25, -0.2) is 4.98 Å². The number of imidazole rings is 1. The Balaban J connectivity index is 2.94. The first-order valence-corrected chi connectivity index (χ1v) is 2.89. The molecule has 0 radical (unpaired) electrons. The molecule has 0 aromatic carbocycles. The highest BCUT2D eigenvalue weighted by molar-refractivity contribution is 5.10. The highest BCUT2D eigenvalue weighted by atomic mass is 16.3. The molecule has 1 unspecified atom stereocenters. The highest BCUT2D eigenvalue weighted by Crippen LogP contribution is 2.10. The maximum atomic E-state index is 9.01. The molecule has 1 heterocycles. The van der Waals surface area contributed by atoms with Crippen molar-refractivity contribution in [3.8, 4) is 0 Å². The number of aliphatic hydroxyl groups is 1. The average molecular weight is 126 g/mol. The van der Waals surface area contributed by atoms with E-state index in [-0.39, 0.29) is 0 Å². The molecule has 0 saturated heterocycles. The predicted octanol–water partition coefficient (Wildman–Crippen LogP) is 0.771. The van der Waals surface area contributed by atoms with Crippen LogP contribution >= 0.6 is 0 Å². The summed E-state index contributed by atoms with van der Waals surface area (Å²) < 4.78 is 0. The molecule has 3 heteroatoms. The third kappa shape index (κ3) is 1.10. The van der Waals surface area contributed by atoms with E-state index in [2.05, 4.69) is 9.97 Å². The van der Waals surface area contributed by atoms with Crippen molar-refractivity contribution in [3.05, 3.63) is 17.7 Å². The van der Waals surface area contributed by atoms with Gasteiger partial charge in [-0.15, -0.1) is 0 Å². The maximum Gasteiger partial charge on any atom is 0.0949 e. The van der Waals surface area contributed by atoms with E-state index in [1.807, 2.05) is 6.92 Å². The molecule has 3 nitrogen and oxygen atoms in total. The molecular formula is C6H10N2O. The molecular weight excluding hydrogens is 116 g/mol. The fourth-order valence-electron chi connectivity index (χ4n) is 0.791. The van der Waals surface area contributed by atoms with Gasteiger partial charge in [0.2, 0.25) is 0 Å². The topological polar surface area (TPSA) is 48.9 Å². The number of hydrogen-bond donors (Lipinski definition) is 2. The monoisotopic (exact) mass is 126 g/mol. The standard InChI is InChI=1S/C6H10N2O/c1-4-6(5(2)9)8-3-7-4/h3,5,9H,1-2H3,(H,7,8). The highest BCUT2D eigenvalue weighted by Gasteiger charge is 2.05.